The Balaban J connectivity index is 2.39. The number of carbonyl (C=O) groups is 1. The van der Waals surface area contributed by atoms with Gasteiger partial charge in [-0.15, -0.1) is 0 Å². The second-order valence-corrected chi connectivity index (χ2v) is 3.28. The number of nitrogens with zero attached hydrogens (tertiary/aromatic N) is 2. The Labute approximate surface area is 83.3 Å². The van der Waals surface area contributed by atoms with E-state index in [1.807, 2.05) is 18.4 Å². The molecule has 5 nitrogen and oxygen atoms in total. The minimum absolute atomic E-state index is 0.125. The highest BCUT2D eigenvalue weighted by Crippen LogP contribution is 2.05. The summed E-state index contributed by atoms with van der Waals surface area (Å²) in [7, 11) is 0. The molecule has 1 aromatic rings. The Hall–Kier alpha value is -1.36. The van der Waals surface area contributed by atoms with Crippen molar-refractivity contribution in [1.82, 2.24) is 15.0 Å². The smallest absolute Gasteiger partial charge is 0.233 e. The maximum absolute atomic E-state index is 10.8. The lowest BCUT2D eigenvalue weighted by atomic mass is 10.3. The van der Waals surface area contributed by atoms with Crippen LogP contribution in [0.2, 0.25) is 0 Å². The number of carbonyl (C=O) groups excluding carboxylic acids is 1. The average Bonchev–Trinajstić information content (AvgIpc) is 2.49. The Kier molecular flexibility index (Phi) is 3.64. The third-order valence-electron chi connectivity index (χ3n) is 2.31. The van der Waals surface area contributed by atoms with Crippen LogP contribution in [0.4, 0.5) is 0 Å². The molecule has 3 N–H and O–H groups in total. The maximum atomic E-state index is 10.8. The monoisotopic (exact) mass is 196 g/mol. The second-order valence-electron chi connectivity index (χ2n) is 3.28. The first-order chi connectivity index (χ1) is 6.65. The summed E-state index contributed by atoms with van der Waals surface area (Å²) in [5.41, 5.74) is 4.29. The van der Waals surface area contributed by atoms with Crippen molar-refractivity contribution in [3.05, 3.63) is 17.7 Å². The number of hydrazine groups is 1. The third kappa shape index (κ3) is 2.56. The molecular weight excluding hydrogens is 180 g/mol. The van der Waals surface area contributed by atoms with E-state index in [1.54, 1.807) is 6.33 Å². The van der Waals surface area contributed by atoms with Crippen molar-refractivity contribution in [2.24, 2.45) is 5.84 Å². The van der Waals surface area contributed by atoms with E-state index in [0.29, 0.717) is 6.42 Å². The van der Waals surface area contributed by atoms with Gasteiger partial charge in [-0.1, -0.05) is 0 Å². The fourth-order valence-electron chi connectivity index (χ4n) is 1.25. The van der Waals surface area contributed by atoms with Gasteiger partial charge in [-0.05, 0) is 20.3 Å². The molecule has 0 saturated heterocycles. The standard InChI is InChI=1S/C9H16N4O/c1-7-8(2)13(6-11-7)5-3-4-9(14)12-10/h6H,3-5,10H2,1-2H3,(H,12,14). The van der Waals surface area contributed by atoms with Crippen molar-refractivity contribution in [3.63, 3.8) is 0 Å². The van der Waals surface area contributed by atoms with Gasteiger partial charge in [-0.2, -0.15) is 0 Å². The van der Waals surface area contributed by atoms with Crippen LogP contribution in [0.3, 0.4) is 0 Å². The SMILES string of the molecule is Cc1ncn(CCCC(=O)NN)c1C. The molecule has 0 atom stereocenters. The summed E-state index contributed by atoms with van der Waals surface area (Å²) in [6.45, 7) is 4.80. The lowest BCUT2D eigenvalue weighted by Crippen LogP contribution is -2.29. The average molecular weight is 196 g/mol. The molecule has 1 amide bonds. The lowest BCUT2D eigenvalue weighted by molar-refractivity contribution is -0.121. The molecule has 1 rings (SSSR count). The fourth-order valence-corrected chi connectivity index (χ4v) is 1.25. The van der Waals surface area contributed by atoms with Crippen molar-refractivity contribution >= 4 is 5.91 Å². The van der Waals surface area contributed by atoms with Crippen LogP contribution in [0.5, 0.6) is 0 Å². The minimum Gasteiger partial charge on any atom is -0.335 e. The van der Waals surface area contributed by atoms with Crippen molar-refractivity contribution in [2.45, 2.75) is 33.2 Å². The number of nitrogens with two attached hydrogens (primary N) is 1. The number of aryl methyl sites for hydroxylation is 2. The topological polar surface area (TPSA) is 72.9 Å². The first-order valence-corrected chi connectivity index (χ1v) is 4.63. The van der Waals surface area contributed by atoms with Crippen LogP contribution in [0.1, 0.15) is 24.2 Å². The zero-order valence-corrected chi connectivity index (χ0v) is 8.58. The van der Waals surface area contributed by atoms with Crippen molar-refractivity contribution in [3.8, 4) is 0 Å². The lowest BCUT2D eigenvalue weighted by Gasteiger charge is -2.04. The highest BCUT2D eigenvalue weighted by molar-refractivity contribution is 5.75. The van der Waals surface area contributed by atoms with Gasteiger partial charge in [0, 0.05) is 18.7 Å². The summed E-state index contributed by atoms with van der Waals surface area (Å²) in [6.07, 6.45) is 3.03. The highest BCUT2D eigenvalue weighted by Gasteiger charge is 2.02. The van der Waals surface area contributed by atoms with Crippen molar-refractivity contribution in [2.75, 3.05) is 0 Å². The third-order valence-corrected chi connectivity index (χ3v) is 2.31. The quantitative estimate of drug-likeness (QED) is 0.412. The molecule has 0 bridgehead atoms. The number of nitrogens with one attached hydrogen (secondary N) is 1. The van der Waals surface area contributed by atoms with Crippen LogP contribution < -0.4 is 11.3 Å². The molecule has 0 aliphatic rings. The van der Waals surface area contributed by atoms with Gasteiger partial charge in [0.05, 0.1) is 12.0 Å². The van der Waals surface area contributed by atoms with E-state index in [2.05, 4.69) is 10.4 Å². The van der Waals surface area contributed by atoms with Gasteiger partial charge in [-0.3, -0.25) is 10.2 Å². The van der Waals surface area contributed by atoms with Crippen LogP contribution in [-0.2, 0) is 11.3 Å². The molecule has 5 heteroatoms. The molecule has 0 aliphatic heterocycles. The fraction of sp³-hybridized carbons (Fsp3) is 0.556. The zero-order chi connectivity index (χ0) is 10.6. The zero-order valence-electron chi connectivity index (χ0n) is 8.58. The van der Waals surface area contributed by atoms with Gasteiger partial charge in [0.25, 0.3) is 0 Å². The molecule has 0 radical (unpaired) electrons. The molecule has 0 aliphatic carbocycles. The van der Waals surface area contributed by atoms with Crippen LogP contribution >= 0.6 is 0 Å². The van der Waals surface area contributed by atoms with Gasteiger partial charge < -0.3 is 4.57 Å². The first-order valence-electron chi connectivity index (χ1n) is 4.63. The number of aromatic nitrogens is 2. The van der Waals surface area contributed by atoms with Crippen LogP contribution in [-0.4, -0.2) is 15.5 Å². The maximum Gasteiger partial charge on any atom is 0.233 e. The van der Waals surface area contributed by atoms with Crippen molar-refractivity contribution in [1.29, 1.82) is 0 Å². The Morgan fingerprint density at radius 3 is 2.86 bits per heavy atom. The number of rotatable bonds is 4. The van der Waals surface area contributed by atoms with E-state index < -0.39 is 0 Å². The Bertz CT molecular complexity index is 319. The van der Waals surface area contributed by atoms with Crippen molar-refractivity contribution < 1.29 is 4.79 Å². The molecule has 0 aromatic carbocycles. The summed E-state index contributed by atoms with van der Waals surface area (Å²) >= 11 is 0. The molecule has 14 heavy (non-hydrogen) atoms. The summed E-state index contributed by atoms with van der Waals surface area (Å²) in [4.78, 5) is 15.0. The Morgan fingerprint density at radius 2 is 2.36 bits per heavy atom. The number of hydrogen-bond donors (Lipinski definition) is 2. The molecule has 0 unspecified atom stereocenters. The molecule has 78 valence electrons. The van der Waals surface area contributed by atoms with Crippen LogP contribution in [0.15, 0.2) is 6.33 Å². The van der Waals surface area contributed by atoms with Gasteiger partial charge >= 0.3 is 0 Å². The number of hydrogen-bond acceptors (Lipinski definition) is 3. The molecule has 1 heterocycles. The number of imidazole rings is 1. The molecule has 0 saturated carbocycles. The number of amides is 1. The minimum atomic E-state index is -0.125. The van der Waals surface area contributed by atoms with Gasteiger partial charge in [0.15, 0.2) is 0 Å². The molecule has 0 fully saturated rings. The van der Waals surface area contributed by atoms with Gasteiger partial charge in [0.2, 0.25) is 5.91 Å². The normalized spacial score (nSPS) is 10.2. The second kappa shape index (κ2) is 4.76. The van der Waals surface area contributed by atoms with E-state index >= 15 is 0 Å². The van der Waals surface area contributed by atoms with Gasteiger partial charge in [0.1, 0.15) is 0 Å². The van der Waals surface area contributed by atoms with Crippen LogP contribution in [0.25, 0.3) is 0 Å². The molecule has 1 aromatic heterocycles. The summed E-state index contributed by atoms with van der Waals surface area (Å²) in [6, 6.07) is 0. The first kappa shape index (κ1) is 10.7. The van der Waals surface area contributed by atoms with E-state index in [1.165, 1.54) is 0 Å². The van der Waals surface area contributed by atoms with Crippen LogP contribution in [0, 0.1) is 13.8 Å². The van der Waals surface area contributed by atoms with E-state index in [9.17, 15) is 4.79 Å². The predicted molar refractivity (Wildman–Crippen MR) is 53.3 cm³/mol. The largest absolute Gasteiger partial charge is 0.335 e. The summed E-state index contributed by atoms with van der Waals surface area (Å²) < 4.78 is 2.04. The molecule has 0 spiro atoms. The predicted octanol–water partition coefficient (Wildman–Crippen LogP) is 0.270. The van der Waals surface area contributed by atoms with Gasteiger partial charge in [-0.25, -0.2) is 10.8 Å². The Morgan fingerprint density at radius 1 is 1.64 bits per heavy atom. The van der Waals surface area contributed by atoms with E-state index in [4.69, 9.17) is 5.84 Å². The summed E-state index contributed by atoms with van der Waals surface area (Å²) in [5, 5.41) is 0. The van der Waals surface area contributed by atoms with E-state index in [0.717, 1.165) is 24.4 Å². The summed E-state index contributed by atoms with van der Waals surface area (Å²) in [5.74, 6) is 4.84. The highest BCUT2D eigenvalue weighted by atomic mass is 16.2. The van der Waals surface area contributed by atoms with E-state index in [-0.39, 0.29) is 5.91 Å². The molecular formula is C9H16N4O.